The van der Waals surface area contributed by atoms with Gasteiger partial charge in [-0.3, -0.25) is 0 Å². The predicted molar refractivity (Wildman–Crippen MR) is 57.0 cm³/mol. The summed E-state index contributed by atoms with van der Waals surface area (Å²) in [7, 11) is 6.28. The Hall–Kier alpha value is 0.784. The summed E-state index contributed by atoms with van der Waals surface area (Å²) in [6.45, 7) is 2.35. The molecule has 1 heterocycles. The minimum Gasteiger partial charge on any atom is -0.333 e. The molecule has 0 atom stereocenters. The largest absolute Gasteiger partial charge is 0.333 e. The fraction of sp³-hybridized carbons (Fsp3) is 1.00. The van der Waals surface area contributed by atoms with E-state index in [4.69, 9.17) is 0 Å². The van der Waals surface area contributed by atoms with E-state index >= 15 is 0 Å². The molecule has 4 heteroatoms. The van der Waals surface area contributed by atoms with E-state index in [1.807, 2.05) is 0 Å². The van der Waals surface area contributed by atoms with Crippen LogP contribution in [-0.4, -0.2) is 68.3 Å². The first-order chi connectivity index (χ1) is 3.29. The minimum absolute atomic E-state index is 0. The second-order valence-electron chi connectivity index (χ2n) is 2.08. The van der Waals surface area contributed by atoms with Crippen molar-refractivity contribution in [3.8, 4) is 0 Å². The van der Waals surface area contributed by atoms with Gasteiger partial charge in [-0.2, -0.15) is 0 Å². The Balaban J connectivity index is -0.0000000612. The summed E-state index contributed by atoms with van der Waals surface area (Å²) in [6.07, 6.45) is 0. The van der Waals surface area contributed by atoms with E-state index in [1.165, 1.54) is 13.1 Å². The van der Waals surface area contributed by atoms with Crippen molar-refractivity contribution < 1.29 is 0 Å². The molecule has 0 aromatic rings. The second-order valence-corrected chi connectivity index (χ2v) is 2.08. The molecule has 1 saturated heterocycles. The van der Waals surface area contributed by atoms with Crippen LogP contribution >= 0.6 is 0 Å². The molecule has 0 unspecified atom stereocenters. The van der Waals surface area contributed by atoms with E-state index in [0.717, 1.165) is 0 Å². The van der Waals surface area contributed by atoms with Crippen LogP contribution in [0.15, 0.2) is 0 Å². The first-order valence-corrected chi connectivity index (χ1v) is 2.54. The third-order valence-electron chi connectivity index (χ3n) is 1.20. The predicted octanol–water partition coefficient (Wildman–Crippen LogP) is 0.925. The summed E-state index contributed by atoms with van der Waals surface area (Å²) in [5.74, 6) is 0. The molecule has 2 nitrogen and oxygen atoms in total. The molecule has 0 aliphatic carbocycles. The van der Waals surface area contributed by atoms with Gasteiger partial charge < -0.3 is 9.62 Å². The van der Waals surface area contributed by atoms with Gasteiger partial charge in [0.25, 0.3) is 0 Å². The molecule has 11 heavy (non-hydrogen) atoms. The molecule has 5 radical (unpaired) electrons. The maximum atomic E-state index is 2.18. The van der Waals surface area contributed by atoms with E-state index in [9.17, 15) is 0 Å². The van der Waals surface area contributed by atoms with Gasteiger partial charge in [0.1, 0.15) is 0 Å². The smallest absolute Gasteiger partial charge is 0.312 e. The number of rotatable bonds is 0. The van der Waals surface area contributed by atoms with Gasteiger partial charge in [-0.1, -0.05) is 22.3 Å². The van der Waals surface area contributed by atoms with Crippen molar-refractivity contribution in [2.24, 2.45) is 0 Å². The first-order valence-electron chi connectivity index (χ1n) is 2.54. The van der Waals surface area contributed by atoms with Gasteiger partial charge in [0.05, 0.1) is 0 Å². The van der Waals surface area contributed by atoms with Crippen LogP contribution in [0.2, 0.25) is 0 Å². The van der Waals surface area contributed by atoms with Crippen molar-refractivity contribution >= 4 is 31.5 Å². The summed E-state index contributed by atoms with van der Waals surface area (Å²) in [4.78, 5) is 4.36. The van der Waals surface area contributed by atoms with Crippen LogP contribution in [0.3, 0.4) is 0 Å². The third kappa shape index (κ3) is 8.69. The summed E-state index contributed by atoms with van der Waals surface area (Å²) in [5.41, 5.74) is 0. The van der Waals surface area contributed by atoms with E-state index in [1.54, 1.807) is 0 Å². The van der Waals surface area contributed by atoms with Crippen LogP contribution in [0, 0.1) is 0 Å². The minimum atomic E-state index is 0. The average Bonchev–Trinajstić information content (AvgIpc) is 1.87. The maximum absolute atomic E-state index is 2.18. The average molecular weight is 264 g/mol. The SMILES string of the molecule is C.C.C.CN1[B]N(C)CC1.[Sn]. The normalized spacial score (nSPS) is 16.2. The van der Waals surface area contributed by atoms with E-state index in [-0.39, 0.29) is 46.2 Å². The van der Waals surface area contributed by atoms with Gasteiger partial charge in [-0.05, 0) is 27.2 Å². The summed E-state index contributed by atoms with van der Waals surface area (Å²) in [6, 6.07) is 0. The van der Waals surface area contributed by atoms with E-state index in [0.29, 0.717) is 0 Å². The standard InChI is InChI=1S/C4H10BN2.3CH4.Sn/c1-6-3-4-7(2)5-6;;;;/h3-4H2,1-2H3;3*1H4;. The van der Waals surface area contributed by atoms with Crippen LogP contribution in [0.25, 0.3) is 0 Å². The van der Waals surface area contributed by atoms with Gasteiger partial charge in [0, 0.05) is 23.9 Å². The molecule has 0 N–H and O–H groups in total. The van der Waals surface area contributed by atoms with Crippen LogP contribution in [0.1, 0.15) is 22.3 Å². The second kappa shape index (κ2) is 10.8. The maximum Gasteiger partial charge on any atom is 0.312 e. The molecule has 1 rings (SSSR count). The van der Waals surface area contributed by atoms with Crippen LogP contribution in [-0.2, 0) is 0 Å². The zero-order valence-corrected chi connectivity index (χ0v) is 8.24. The Bertz CT molecular complexity index is 65.5. The number of hydrogen-bond acceptors (Lipinski definition) is 2. The first kappa shape index (κ1) is 22.6. The summed E-state index contributed by atoms with van der Waals surface area (Å²) < 4.78 is 0. The van der Waals surface area contributed by atoms with Crippen molar-refractivity contribution in [3.05, 3.63) is 0 Å². The van der Waals surface area contributed by atoms with Crippen molar-refractivity contribution in [1.82, 2.24) is 9.62 Å². The Labute approximate surface area is 90.6 Å². The van der Waals surface area contributed by atoms with Crippen LogP contribution < -0.4 is 0 Å². The Morgan fingerprint density at radius 1 is 0.909 bits per heavy atom. The van der Waals surface area contributed by atoms with Crippen molar-refractivity contribution in [3.63, 3.8) is 0 Å². The Morgan fingerprint density at radius 3 is 1.27 bits per heavy atom. The summed E-state index contributed by atoms with van der Waals surface area (Å²) in [5, 5.41) is 0. The monoisotopic (exact) mass is 265 g/mol. The number of hydrogen-bond donors (Lipinski definition) is 0. The van der Waals surface area contributed by atoms with Crippen molar-refractivity contribution in [1.29, 1.82) is 0 Å². The molecular weight excluding hydrogens is 242 g/mol. The molecule has 0 aromatic heterocycles. The molecule has 0 aromatic carbocycles. The molecular formula is C7H22BN2Sn. The molecule has 67 valence electrons. The molecule has 0 spiro atoms. The van der Waals surface area contributed by atoms with Crippen molar-refractivity contribution in [2.75, 3.05) is 27.2 Å². The zero-order valence-electron chi connectivity index (χ0n) is 5.39. The Morgan fingerprint density at radius 2 is 1.18 bits per heavy atom. The molecule has 1 aliphatic rings. The number of likely N-dealkylation sites (N-methyl/N-ethyl adjacent to an activating group) is 2. The zero-order chi connectivity index (χ0) is 5.28. The fourth-order valence-electron chi connectivity index (χ4n) is 0.767. The topological polar surface area (TPSA) is 6.48 Å². The van der Waals surface area contributed by atoms with Crippen LogP contribution in [0.4, 0.5) is 0 Å². The van der Waals surface area contributed by atoms with Crippen LogP contribution in [0.5, 0.6) is 0 Å². The molecule has 0 amide bonds. The number of nitrogens with zero attached hydrogens (tertiary/aromatic N) is 2. The quantitative estimate of drug-likeness (QED) is 0.600. The fourth-order valence-corrected chi connectivity index (χ4v) is 0.767. The van der Waals surface area contributed by atoms with Gasteiger partial charge in [0.15, 0.2) is 0 Å². The summed E-state index contributed by atoms with van der Waals surface area (Å²) >= 11 is 0. The molecule has 1 aliphatic heterocycles. The van der Waals surface area contributed by atoms with Gasteiger partial charge in [0.2, 0.25) is 0 Å². The van der Waals surface area contributed by atoms with Gasteiger partial charge >= 0.3 is 7.55 Å². The molecule has 1 fully saturated rings. The van der Waals surface area contributed by atoms with E-state index in [2.05, 4.69) is 31.3 Å². The Kier molecular flexibility index (Phi) is 22.2. The molecule has 0 bridgehead atoms. The third-order valence-corrected chi connectivity index (χ3v) is 1.20. The van der Waals surface area contributed by atoms with Crippen molar-refractivity contribution in [2.45, 2.75) is 22.3 Å². The van der Waals surface area contributed by atoms with Gasteiger partial charge in [-0.15, -0.1) is 0 Å². The van der Waals surface area contributed by atoms with Gasteiger partial charge in [-0.25, -0.2) is 0 Å². The molecule has 0 saturated carbocycles. The van der Waals surface area contributed by atoms with E-state index < -0.39 is 0 Å².